The molecule has 0 bridgehead atoms. The molecule has 0 aromatic heterocycles. The number of nitriles is 1. The van der Waals surface area contributed by atoms with Crippen LogP contribution in [0.4, 0.5) is 0 Å². The molecule has 19 heavy (non-hydrogen) atoms. The predicted molar refractivity (Wildman–Crippen MR) is 69.5 cm³/mol. The zero-order valence-electron chi connectivity index (χ0n) is 11.3. The SMILES string of the molecule is CCOC(=O)[C@@H]1CCCN(S(=O)(=O)C(C#N)CC)C1. The molecule has 0 amide bonds. The first-order valence-electron chi connectivity index (χ1n) is 6.52. The van der Waals surface area contributed by atoms with E-state index in [9.17, 15) is 13.2 Å². The van der Waals surface area contributed by atoms with Gasteiger partial charge in [0.1, 0.15) is 0 Å². The van der Waals surface area contributed by atoms with Crippen molar-refractivity contribution in [2.45, 2.75) is 38.4 Å². The number of piperidine rings is 1. The second-order valence-electron chi connectivity index (χ2n) is 4.52. The molecule has 1 heterocycles. The van der Waals surface area contributed by atoms with Gasteiger partial charge in [-0.05, 0) is 26.2 Å². The minimum Gasteiger partial charge on any atom is -0.466 e. The maximum absolute atomic E-state index is 12.2. The Bertz CT molecular complexity index is 455. The lowest BCUT2D eigenvalue weighted by Gasteiger charge is -2.31. The van der Waals surface area contributed by atoms with Crippen LogP contribution in [0.15, 0.2) is 0 Å². The van der Waals surface area contributed by atoms with Gasteiger partial charge in [0.05, 0.1) is 18.6 Å². The van der Waals surface area contributed by atoms with Gasteiger partial charge < -0.3 is 4.74 Å². The minimum atomic E-state index is -3.64. The first-order chi connectivity index (χ1) is 8.97. The molecule has 0 aromatic rings. The van der Waals surface area contributed by atoms with E-state index in [4.69, 9.17) is 10.00 Å². The molecule has 0 saturated carbocycles. The van der Waals surface area contributed by atoms with E-state index in [-0.39, 0.29) is 25.5 Å². The smallest absolute Gasteiger partial charge is 0.310 e. The number of rotatable bonds is 5. The van der Waals surface area contributed by atoms with Crippen LogP contribution in [-0.2, 0) is 19.6 Å². The quantitative estimate of drug-likeness (QED) is 0.701. The van der Waals surface area contributed by atoms with Crippen molar-refractivity contribution in [3.8, 4) is 6.07 Å². The standard InChI is InChI=1S/C12H20N2O4S/c1-3-11(8-13)19(16,17)14-7-5-6-10(9-14)12(15)18-4-2/h10-11H,3-7,9H2,1-2H3/t10-,11?/m1/s1. The van der Waals surface area contributed by atoms with Crippen molar-refractivity contribution >= 4 is 16.0 Å². The summed E-state index contributed by atoms with van der Waals surface area (Å²) in [5.41, 5.74) is 0. The number of hydrogen-bond acceptors (Lipinski definition) is 5. The fourth-order valence-corrected chi connectivity index (χ4v) is 3.86. The van der Waals surface area contributed by atoms with E-state index in [2.05, 4.69) is 0 Å². The van der Waals surface area contributed by atoms with Gasteiger partial charge in [0, 0.05) is 13.1 Å². The summed E-state index contributed by atoms with van der Waals surface area (Å²) in [5.74, 6) is -0.771. The summed E-state index contributed by atoms with van der Waals surface area (Å²) in [6.07, 6.45) is 1.50. The Labute approximate surface area is 114 Å². The average Bonchev–Trinajstić information content (AvgIpc) is 2.40. The molecule has 108 valence electrons. The third kappa shape index (κ3) is 3.67. The van der Waals surface area contributed by atoms with Gasteiger partial charge in [-0.3, -0.25) is 4.79 Å². The molecular weight excluding hydrogens is 268 g/mol. The molecule has 1 aliphatic rings. The molecule has 2 atom stereocenters. The van der Waals surface area contributed by atoms with Gasteiger partial charge >= 0.3 is 5.97 Å². The van der Waals surface area contributed by atoms with Crippen LogP contribution in [0.1, 0.15) is 33.1 Å². The second kappa shape index (κ2) is 6.87. The van der Waals surface area contributed by atoms with E-state index >= 15 is 0 Å². The summed E-state index contributed by atoms with van der Waals surface area (Å²) >= 11 is 0. The third-order valence-corrected chi connectivity index (χ3v) is 5.45. The predicted octanol–water partition coefficient (Wildman–Crippen LogP) is 0.893. The zero-order valence-corrected chi connectivity index (χ0v) is 12.1. The van der Waals surface area contributed by atoms with Gasteiger partial charge in [-0.1, -0.05) is 6.92 Å². The van der Waals surface area contributed by atoms with Crippen LogP contribution < -0.4 is 0 Å². The largest absolute Gasteiger partial charge is 0.466 e. The van der Waals surface area contributed by atoms with E-state index < -0.39 is 21.2 Å². The van der Waals surface area contributed by atoms with Crippen LogP contribution in [0.3, 0.4) is 0 Å². The Morgan fingerprint density at radius 2 is 2.21 bits per heavy atom. The molecule has 0 aromatic carbocycles. The number of carbonyl (C=O) groups is 1. The number of esters is 1. The molecule has 7 heteroatoms. The summed E-state index contributed by atoms with van der Waals surface area (Å²) in [6.45, 7) is 4.17. The van der Waals surface area contributed by atoms with Gasteiger partial charge in [0.25, 0.3) is 0 Å². The summed E-state index contributed by atoms with van der Waals surface area (Å²) in [4.78, 5) is 11.7. The van der Waals surface area contributed by atoms with Crippen LogP contribution in [0.2, 0.25) is 0 Å². The summed E-state index contributed by atoms with van der Waals surface area (Å²) in [7, 11) is -3.64. The molecular formula is C12H20N2O4S. The summed E-state index contributed by atoms with van der Waals surface area (Å²) < 4.78 is 30.6. The van der Waals surface area contributed by atoms with Gasteiger partial charge in [0.15, 0.2) is 5.25 Å². The minimum absolute atomic E-state index is 0.124. The molecule has 1 unspecified atom stereocenters. The Morgan fingerprint density at radius 1 is 1.53 bits per heavy atom. The fourth-order valence-electron chi connectivity index (χ4n) is 2.17. The molecule has 1 rings (SSSR count). The first kappa shape index (κ1) is 15.9. The number of hydrogen-bond donors (Lipinski definition) is 0. The maximum Gasteiger partial charge on any atom is 0.310 e. The highest BCUT2D eigenvalue weighted by Gasteiger charge is 2.36. The zero-order chi connectivity index (χ0) is 14.5. The van der Waals surface area contributed by atoms with Crippen LogP contribution in [0, 0.1) is 17.2 Å². The third-order valence-electron chi connectivity index (χ3n) is 3.24. The Morgan fingerprint density at radius 3 is 2.74 bits per heavy atom. The van der Waals surface area contributed by atoms with E-state index in [1.807, 2.05) is 6.07 Å². The first-order valence-corrected chi connectivity index (χ1v) is 8.02. The highest BCUT2D eigenvalue weighted by molar-refractivity contribution is 7.90. The van der Waals surface area contributed by atoms with E-state index in [1.165, 1.54) is 4.31 Å². The van der Waals surface area contributed by atoms with Crippen molar-refractivity contribution in [2.75, 3.05) is 19.7 Å². The van der Waals surface area contributed by atoms with Crippen molar-refractivity contribution < 1.29 is 17.9 Å². The van der Waals surface area contributed by atoms with Crippen molar-refractivity contribution in [1.82, 2.24) is 4.31 Å². The van der Waals surface area contributed by atoms with Gasteiger partial charge in [-0.25, -0.2) is 8.42 Å². The number of nitrogens with zero attached hydrogens (tertiary/aromatic N) is 2. The normalized spacial score (nSPS) is 22.5. The van der Waals surface area contributed by atoms with Crippen LogP contribution in [0.25, 0.3) is 0 Å². The monoisotopic (exact) mass is 288 g/mol. The maximum atomic E-state index is 12.2. The van der Waals surface area contributed by atoms with Crippen molar-refractivity contribution in [3.05, 3.63) is 0 Å². The molecule has 1 fully saturated rings. The van der Waals surface area contributed by atoms with Gasteiger partial charge in [-0.2, -0.15) is 9.57 Å². The highest BCUT2D eigenvalue weighted by Crippen LogP contribution is 2.23. The lowest BCUT2D eigenvalue weighted by Crippen LogP contribution is -2.46. The summed E-state index contributed by atoms with van der Waals surface area (Å²) in [6, 6.07) is 1.81. The lowest BCUT2D eigenvalue weighted by molar-refractivity contribution is -0.149. The Balaban J connectivity index is 2.80. The van der Waals surface area contributed by atoms with Crippen LogP contribution in [0.5, 0.6) is 0 Å². The van der Waals surface area contributed by atoms with Crippen molar-refractivity contribution in [1.29, 1.82) is 5.26 Å². The molecule has 6 nitrogen and oxygen atoms in total. The Hall–Kier alpha value is -1.13. The topological polar surface area (TPSA) is 87.5 Å². The second-order valence-corrected chi connectivity index (χ2v) is 6.64. The van der Waals surface area contributed by atoms with E-state index in [0.29, 0.717) is 19.4 Å². The summed E-state index contributed by atoms with van der Waals surface area (Å²) in [5, 5.41) is 7.87. The molecule has 0 spiro atoms. The molecule has 0 radical (unpaired) electrons. The molecule has 1 aliphatic heterocycles. The van der Waals surface area contributed by atoms with Gasteiger partial charge in [-0.15, -0.1) is 0 Å². The highest BCUT2D eigenvalue weighted by atomic mass is 32.2. The van der Waals surface area contributed by atoms with Crippen molar-refractivity contribution in [2.24, 2.45) is 5.92 Å². The number of ether oxygens (including phenoxy) is 1. The molecule has 1 saturated heterocycles. The van der Waals surface area contributed by atoms with E-state index in [0.717, 1.165) is 0 Å². The Kier molecular flexibility index (Phi) is 5.76. The van der Waals surface area contributed by atoms with Crippen LogP contribution >= 0.6 is 0 Å². The lowest BCUT2D eigenvalue weighted by atomic mass is 10.0. The van der Waals surface area contributed by atoms with Crippen LogP contribution in [-0.4, -0.2) is 43.6 Å². The molecule has 0 aliphatic carbocycles. The van der Waals surface area contributed by atoms with Crippen molar-refractivity contribution in [3.63, 3.8) is 0 Å². The van der Waals surface area contributed by atoms with Gasteiger partial charge in [0.2, 0.25) is 10.0 Å². The van der Waals surface area contributed by atoms with E-state index in [1.54, 1.807) is 13.8 Å². The number of sulfonamides is 1. The average molecular weight is 288 g/mol. The fraction of sp³-hybridized carbons (Fsp3) is 0.833. The molecule has 0 N–H and O–H groups in total. The number of carbonyl (C=O) groups excluding carboxylic acids is 1.